The fourth-order valence-electron chi connectivity index (χ4n) is 4.63. The maximum absolute atomic E-state index is 14.6. The number of anilines is 1. The van der Waals surface area contributed by atoms with Crippen LogP contribution in [0.25, 0.3) is 22.5 Å². The third-order valence-electron chi connectivity index (χ3n) is 6.16. The van der Waals surface area contributed by atoms with Gasteiger partial charge in [0.25, 0.3) is 0 Å². The van der Waals surface area contributed by atoms with Crippen LogP contribution in [0, 0.1) is 0 Å². The van der Waals surface area contributed by atoms with Crippen LogP contribution >= 0.6 is 0 Å². The van der Waals surface area contributed by atoms with Crippen molar-refractivity contribution in [3.8, 4) is 28.3 Å². The smallest absolute Gasteiger partial charge is 0.154 e. The van der Waals surface area contributed by atoms with Crippen LogP contribution in [0.15, 0.2) is 42.6 Å². The molecule has 6 nitrogen and oxygen atoms in total. The lowest BCUT2D eigenvalue weighted by Gasteiger charge is -2.40. The lowest BCUT2D eigenvalue weighted by molar-refractivity contribution is 0.207. The van der Waals surface area contributed by atoms with Gasteiger partial charge in [0, 0.05) is 23.9 Å². The molecule has 0 bridgehead atoms. The van der Waals surface area contributed by atoms with Gasteiger partial charge in [0.05, 0.1) is 17.4 Å². The van der Waals surface area contributed by atoms with E-state index >= 15 is 0 Å². The number of benzene rings is 1. The van der Waals surface area contributed by atoms with E-state index in [0.29, 0.717) is 23.4 Å². The maximum atomic E-state index is 14.6. The van der Waals surface area contributed by atoms with Gasteiger partial charge in [-0.15, -0.1) is 10.2 Å². The average molecular weight is 405 g/mol. The predicted molar refractivity (Wildman–Crippen MR) is 113 cm³/mol. The summed E-state index contributed by atoms with van der Waals surface area (Å²) in [5, 5.41) is 27.5. The minimum atomic E-state index is -0.802. The van der Waals surface area contributed by atoms with Gasteiger partial charge >= 0.3 is 0 Å². The van der Waals surface area contributed by atoms with Crippen molar-refractivity contribution in [3.05, 3.63) is 48.2 Å². The summed E-state index contributed by atoms with van der Waals surface area (Å²) >= 11 is 0. The zero-order valence-corrected chi connectivity index (χ0v) is 16.7. The van der Waals surface area contributed by atoms with Crippen LogP contribution in [0.2, 0.25) is 0 Å². The first-order valence-corrected chi connectivity index (χ1v) is 10.6. The molecule has 1 aliphatic heterocycles. The minimum Gasteiger partial charge on any atom is -0.507 e. The number of rotatable bonds is 3. The molecular formula is C23H24FN5O. The Balaban J connectivity index is 1.46. The van der Waals surface area contributed by atoms with Gasteiger partial charge in [0.1, 0.15) is 11.9 Å². The molecule has 2 atom stereocenters. The second-order valence-electron chi connectivity index (χ2n) is 8.08. The first kappa shape index (κ1) is 18.9. The second kappa shape index (κ2) is 7.97. The van der Waals surface area contributed by atoms with E-state index in [1.807, 2.05) is 30.3 Å². The Kier molecular flexibility index (Phi) is 5.02. The molecule has 0 saturated heterocycles. The maximum Gasteiger partial charge on any atom is 0.154 e. The standard InChI is InChI=1S/C23H24FN5O/c24-18-6-1-2-8-21(18)29-12-4-5-16-13-20(27-28-23(16)29)17-10-9-15(14-22(17)30)19-7-3-11-25-26-19/h3,7,9-11,13-14,18,21,30H,1-2,4-6,8,12H2/t18-,21+/m0/s1. The van der Waals surface area contributed by atoms with Gasteiger partial charge in [-0.1, -0.05) is 18.9 Å². The molecule has 1 saturated carbocycles. The quantitative estimate of drug-likeness (QED) is 0.699. The highest BCUT2D eigenvalue weighted by Gasteiger charge is 2.33. The third-order valence-corrected chi connectivity index (χ3v) is 6.16. The molecule has 1 aliphatic carbocycles. The molecule has 0 spiro atoms. The molecule has 0 amide bonds. The summed E-state index contributed by atoms with van der Waals surface area (Å²) < 4.78 is 14.6. The summed E-state index contributed by atoms with van der Waals surface area (Å²) in [6, 6.07) is 10.9. The number of hydrogen-bond acceptors (Lipinski definition) is 6. The fourth-order valence-corrected chi connectivity index (χ4v) is 4.63. The monoisotopic (exact) mass is 405 g/mol. The number of halogens is 1. The topological polar surface area (TPSA) is 75.0 Å². The Bertz CT molecular complexity index is 1050. The van der Waals surface area contributed by atoms with E-state index in [1.54, 1.807) is 12.3 Å². The van der Waals surface area contributed by atoms with E-state index in [-0.39, 0.29) is 11.8 Å². The number of phenols is 1. The second-order valence-corrected chi connectivity index (χ2v) is 8.08. The molecule has 30 heavy (non-hydrogen) atoms. The van der Waals surface area contributed by atoms with Gasteiger partial charge < -0.3 is 10.0 Å². The van der Waals surface area contributed by atoms with Gasteiger partial charge in [-0.05, 0) is 61.6 Å². The largest absolute Gasteiger partial charge is 0.507 e. The number of aryl methyl sites for hydroxylation is 1. The summed E-state index contributed by atoms with van der Waals surface area (Å²) in [7, 11) is 0. The predicted octanol–water partition coefficient (Wildman–Crippen LogP) is 4.34. The Morgan fingerprint density at radius 2 is 1.87 bits per heavy atom. The summed E-state index contributed by atoms with van der Waals surface area (Å²) in [4.78, 5) is 2.12. The lowest BCUT2D eigenvalue weighted by Crippen LogP contribution is -2.46. The van der Waals surface area contributed by atoms with E-state index in [2.05, 4.69) is 25.3 Å². The van der Waals surface area contributed by atoms with E-state index in [4.69, 9.17) is 0 Å². The van der Waals surface area contributed by atoms with Crippen molar-refractivity contribution in [2.24, 2.45) is 0 Å². The molecule has 154 valence electrons. The van der Waals surface area contributed by atoms with Crippen LogP contribution in [-0.4, -0.2) is 44.3 Å². The van der Waals surface area contributed by atoms with Crippen LogP contribution in [0.1, 0.15) is 37.7 Å². The number of nitrogens with zero attached hydrogens (tertiary/aromatic N) is 5. The zero-order valence-electron chi connectivity index (χ0n) is 16.7. The molecule has 5 rings (SSSR count). The molecule has 1 aromatic carbocycles. The van der Waals surface area contributed by atoms with Gasteiger partial charge in [0.2, 0.25) is 0 Å². The van der Waals surface area contributed by atoms with E-state index in [1.165, 1.54) is 0 Å². The highest BCUT2D eigenvalue weighted by atomic mass is 19.1. The average Bonchev–Trinajstić information content (AvgIpc) is 2.79. The van der Waals surface area contributed by atoms with E-state index in [0.717, 1.165) is 55.6 Å². The SMILES string of the molecule is Oc1cc(-c2cccnn2)ccc1-c1cc2c(nn1)N([C@@H]1CCCC[C@@H]1F)CCC2. The number of fused-ring (bicyclic) bond motifs is 1. The number of aromatic hydroxyl groups is 1. The number of alkyl halides is 1. The first-order valence-electron chi connectivity index (χ1n) is 10.6. The number of hydrogen-bond donors (Lipinski definition) is 1. The van der Waals surface area contributed by atoms with Crippen molar-refractivity contribution in [2.75, 3.05) is 11.4 Å². The van der Waals surface area contributed by atoms with Crippen molar-refractivity contribution >= 4 is 5.82 Å². The molecule has 0 radical (unpaired) electrons. The molecule has 1 fully saturated rings. The molecule has 7 heteroatoms. The van der Waals surface area contributed by atoms with E-state index in [9.17, 15) is 9.50 Å². The molecule has 0 unspecified atom stereocenters. The van der Waals surface area contributed by atoms with Crippen molar-refractivity contribution < 1.29 is 9.50 Å². The minimum absolute atomic E-state index is 0.0994. The van der Waals surface area contributed by atoms with Crippen LogP contribution in [0.5, 0.6) is 5.75 Å². The fraction of sp³-hybridized carbons (Fsp3) is 0.391. The van der Waals surface area contributed by atoms with Crippen molar-refractivity contribution in [1.82, 2.24) is 20.4 Å². The molecule has 2 aromatic heterocycles. The molecule has 1 N–H and O–H groups in total. The Morgan fingerprint density at radius 3 is 2.67 bits per heavy atom. The van der Waals surface area contributed by atoms with Crippen LogP contribution in [0.3, 0.4) is 0 Å². The van der Waals surface area contributed by atoms with Gasteiger partial charge in [-0.25, -0.2) is 4.39 Å². The molecular weight excluding hydrogens is 381 g/mol. The third kappa shape index (κ3) is 3.49. The summed E-state index contributed by atoms with van der Waals surface area (Å²) in [5.41, 5.74) is 3.80. The number of aromatic nitrogens is 4. The summed E-state index contributed by atoms with van der Waals surface area (Å²) in [6.45, 7) is 0.824. The first-order chi connectivity index (χ1) is 14.7. The molecule has 3 aromatic rings. The van der Waals surface area contributed by atoms with Gasteiger partial charge in [-0.2, -0.15) is 10.2 Å². The van der Waals surface area contributed by atoms with Crippen LogP contribution in [-0.2, 0) is 6.42 Å². The van der Waals surface area contributed by atoms with Gasteiger partial charge in [-0.3, -0.25) is 0 Å². The normalized spacial score (nSPS) is 21.3. The zero-order chi connectivity index (χ0) is 20.5. The van der Waals surface area contributed by atoms with Crippen molar-refractivity contribution in [2.45, 2.75) is 50.7 Å². The van der Waals surface area contributed by atoms with Crippen LogP contribution in [0.4, 0.5) is 10.2 Å². The Hall–Kier alpha value is -3.09. The Morgan fingerprint density at radius 1 is 0.967 bits per heavy atom. The highest BCUT2D eigenvalue weighted by Crippen LogP contribution is 2.36. The number of phenolic OH excluding ortho intramolecular Hbond substituents is 1. The van der Waals surface area contributed by atoms with E-state index < -0.39 is 6.17 Å². The summed E-state index contributed by atoms with van der Waals surface area (Å²) in [6.07, 6.45) is 6.20. The molecule has 2 aliphatic rings. The summed E-state index contributed by atoms with van der Waals surface area (Å²) in [5.74, 6) is 0.923. The van der Waals surface area contributed by atoms with Crippen molar-refractivity contribution in [1.29, 1.82) is 0 Å². The van der Waals surface area contributed by atoms with Crippen LogP contribution < -0.4 is 4.90 Å². The molecule has 3 heterocycles. The Labute approximate surface area is 174 Å². The lowest BCUT2D eigenvalue weighted by atomic mass is 9.90. The van der Waals surface area contributed by atoms with Gasteiger partial charge in [0.15, 0.2) is 5.82 Å². The van der Waals surface area contributed by atoms with Crippen molar-refractivity contribution in [3.63, 3.8) is 0 Å². The highest BCUT2D eigenvalue weighted by molar-refractivity contribution is 5.73.